The molecular formula is C13H19IO4S. The first-order valence-electron chi connectivity index (χ1n) is 6.15. The van der Waals surface area contributed by atoms with E-state index in [2.05, 4.69) is 22.6 Å². The van der Waals surface area contributed by atoms with Gasteiger partial charge in [-0.15, -0.1) is 0 Å². The molecule has 0 saturated heterocycles. The molecule has 0 spiro atoms. The summed E-state index contributed by atoms with van der Waals surface area (Å²) < 4.78 is 28.7. The van der Waals surface area contributed by atoms with E-state index >= 15 is 0 Å². The van der Waals surface area contributed by atoms with Crippen LogP contribution >= 0.6 is 22.6 Å². The maximum absolute atomic E-state index is 11.9. The number of aliphatic hydroxyl groups excluding tert-OH is 1. The van der Waals surface area contributed by atoms with E-state index in [1.165, 1.54) is 12.1 Å². The molecule has 0 aliphatic rings. The van der Waals surface area contributed by atoms with E-state index in [0.29, 0.717) is 0 Å². The second-order valence-corrected chi connectivity index (χ2v) is 7.64. The van der Waals surface area contributed by atoms with Crippen LogP contribution in [0.1, 0.15) is 25.3 Å². The lowest BCUT2D eigenvalue weighted by Gasteiger charge is -2.16. The van der Waals surface area contributed by atoms with Crippen molar-refractivity contribution >= 4 is 32.7 Å². The van der Waals surface area contributed by atoms with Crippen molar-refractivity contribution in [3.63, 3.8) is 0 Å². The molecule has 0 aliphatic heterocycles. The Labute approximate surface area is 128 Å². The minimum absolute atomic E-state index is 0.00387. The molecule has 6 heteroatoms. The number of alkyl halides is 1. The van der Waals surface area contributed by atoms with Crippen LogP contribution in [0.15, 0.2) is 29.2 Å². The Bertz CT molecular complexity index is 484. The zero-order valence-corrected chi connectivity index (χ0v) is 14.0. The van der Waals surface area contributed by atoms with Gasteiger partial charge in [-0.25, -0.2) is 0 Å². The first-order valence-corrected chi connectivity index (χ1v) is 8.80. The second-order valence-electron chi connectivity index (χ2n) is 4.42. The number of rotatable bonds is 7. The Balaban J connectivity index is 2.63. The van der Waals surface area contributed by atoms with Gasteiger partial charge in [-0.2, -0.15) is 8.42 Å². The van der Waals surface area contributed by atoms with Crippen molar-refractivity contribution in [2.45, 2.75) is 41.6 Å². The quantitative estimate of drug-likeness (QED) is 0.436. The van der Waals surface area contributed by atoms with Gasteiger partial charge >= 0.3 is 0 Å². The van der Waals surface area contributed by atoms with E-state index in [1.807, 2.05) is 13.8 Å². The minimum Gasteiger partial charge on any atom is -0.390 e. The molecule has 108 valence electrons. The zero-order chi connectivity index (χ0) is 14.5. The van der Waals surface area contributed by atoms with Crippen LogP contribution in [-0.2, 0) is 14.3 Å². The molecule has 1 rings (SSSR count). The predicted molar refractivity (Wildman–Crippen MR) is 83.0 cm³/mol. The first kappa shape index (κ1) is 16.9. The van der Waals surface area contributed by atoms with Gasteiger partial charge < -0.3 is 5.11 Å². The molecule has 1 aromatic carbocycles. The molecule has 1 aromatic rings. The minimum atomic E-state index is -3.78. The van der Waals surface area contributed by atoms with Gasteiger partial charge in [0.2, 0.25) is 0 Å². The number of aryl methyl sites for hydroxylation is 1. The standard InChI is InChI=1S/C13H19IO4S/c1-3-4-12(14)13(15)9-18-19(16,17)11-7-5-10(2)6-8-11/h5-8,12-13,15H,3-4,9H2,1-2H3/t12-,13+/m0/s1. The average molecular weight is 398 g/mol. The molecule has 0 unspecified atom stereocenters. The zero-order valence-electron chi connectivity index (χ0n) is 11.0. The van der Waals surface area contributed by atoms with Crippen molar-refractivity contribution in [2.75, 3.05) is 6.61 Å². The summed E-state index contributed by atoms with van der Waals surface area (Å²) in [6, 6.07) is 6.44. The largest absolute Gasteiger partial charge is 0.390 e. The van der Waals surface area contributed by atoms with Gasteiger partial charge in [0, 0.05) is 3.92 Å². The molecule has 0 radical (unpaired) electrons. The highest BCUT2D eigenvalue weighted by Gasteiger charge is 2.21. The number of hydrogen-bond donors (Lipinski definition) is 1. The van der Waals surface area contributed by atoms with Crippen LogP contribution in [0.4, 0.5) is 0 Å². The van der Waals surface area contributed by atoms with Crippen molar-refractivity contribution in [1.82, 2.24) is 0 Å². The molecule has 0 amide bonds. The maximum Gasteiger partial charge on any atom is 0.297 e. The van der Waals surface area contributed by atoms with Crippen molar-refractivity contribution in [1.29, 1.82) is 0 Å². The summed E-state index contributed by atoms with van der Waals surface area (Å²) >= 11 is 2.11. The fourth-order valence-corrected chi connectivity index (χ4v) is 3.26. The molecule has 0 aromatic heterocycles. The number of benzene rings is 1. The summed E-state index contributed by atoms with van der Waals surface area (Å²) in [5.41, 5.74) is 0.981. The highest BCUT2D eigenvalue weighted by Crippen LogP contribution is 2.17. The van der Waals surface area contributed by atoms with Crippen molar-refractivity contribution < 1.29 is 17.7 Å². The molecule has 1 N–H and O–H groups in total. The van der Waals surface area contributed by atoms with E-state index in [1.54, 1.807) is 12.1 Å². The lowest BCUT2D eigenvalue weighted by Crippen LogP contribution is -2.27. The van der Waals surface area contributed by atoms with Gasteiger partial charge in [-0.1, -0.05) is 53.6 Å². The average Bonchev–Trinajstić information content (AvgIpc) is 2.37. The fourth-order valence-electron chi connectivity index (χ4n) is 1.50. The third-order valence-corrected chi connectivity index (χ3v) is 5.43. The maximum atomic E-state index is 11.9. The molecule has 0 saturated carbocycles. The van der Waals surface area contributed by atoms with E-state index in [9.17, 15) is 13.5 Å². The SMILES string of the molecule is CCC[C@H](I)[C@H](O)COS(=O)(=O)c1ccc(C)cc1. The lowest BCUT2D eigenvalue weighted by atomic mass is 10.2. The smallest absolute Gasteiger partial charge is 0.297 e. The third-order valence-electron chi connectivity index (χ3n) is 2.69. The van der Waals surface area contributed by atoms with Gasteiger partial charge in [0.05, 0.1) is 17.6 Å². The van der Waals surface area contributed by atoms with Crippen LogP contribution in [0.3, 0.4) is 0 Å². The molecule has 0 fully saturated rings. The summed E-state index contributed by atoms with van der Waals surface area (Å²) in [6.07, 6.45) is 0.992. The summed E-state index contributed by atoms with van der Waals surface area (Å²) in [6.45, 7) is 3.69. The molecule has 19 heavy (non-hydrogen) atoms. The Morgan fingerprint density at radius 1 is 1.32 bits per heavy atom. The Morgan fingerprint density at radius 2 is 1.89 bits per heavy atom. The number of halogens is 1. The fraction of sp³-hybridized carbons (Fsp3) is 0.538. The summed E-state index contributed by atoms with van der Waals surface area (Å²) in [5.74, 6) is 0. The van der Waals surface area contributed by atoms with Crippen molar-refractivity contribution in [2.24, 2.45) is 0 Å². The van der Waals surface area contributed by atoms with Gasteiger partial charge in [0.1, 0.15) is 0 Å². The van der Waals surface area contributed by atoms with Gasteiger partial charge in [0.15, 0.2) is 0 Å². The molecule has 0 aliphatic carbocycles. The van der Waals surface area contributed by atoms with Crippen molar-refractivity contribution in [3.8, 4) is 0 Å². The van der Waals surface area contributed by atoms with E-state index < -0.39 is 16.2 Å². The molecule has 2 atom stereocenters. The Morgan fingerprint density at radius 3 is 2.42 bits per heavy atom. The van der Waals surface area contributed by atoms with E-state index in [0.717, 1.165) is 18.4 Å². The number of hydrogen-bond acceptors (Lipinski definition) is 4. The number of aliphatic hydroxyl groups is 1. The Hall–Kier alpha value is -0.180. The van der Waals surface area contributed by atoms with Gasteiger partial charge in [-0.05, 0) is 25.5 Å². The van der Waals surface area contributed by atoms with E-state index in [-0.39, 0.29) is 15.4 Å². The van der Waals surface area contributed by atoms with Crippen LogP contribution in [0.25, 0.3) is 0 Å². The molecule has 0 heterocycles. The predicted octanol–water partition coefficient (Wildman–Crippen LogP) is 2.66. The lowest BCUT2D eigenvalue weighted by molar-refractivity contribution is 0.110. The van der Waals surface area contributed by atoms with Crippen LogP contribution in [0.2, 0.25) is 0 Å². The highest BCUT2D eigenvalue weighted by molar-refractivity contribution is 14.1. The molecule has 4 nitrogen and oxygen atoms in total. The van der Waals surface area contributed by atoms with Crippen molar-refractivity contribution in [3.05, 3.63) is 29.8 Å². The van der Waals surface area contributed by atoms with Crippen LogP contribution < -0.4 is 0 Å². The van der Waals surface area contributed by atoms with Gasteiger partial charge in [0.25, 0.3) is 10.1 Å². The van der Waals surface area contributed by atoms with Crippen LogP contribution in [0.5, 0.6) is 0 Å². The normalized spacial score (nSPS) is 15.2. The summed E-state index contributed by atoms with van der Waals surface area (Å²) in [7, 11) is -3.78. The van der Waals surface area contributed by atoms with Crippen LogP contribution in [0, 0.1) is 6.92 Å². The topological polar surface area (TPSA) is 63.6 Å². The second kappa shape index (κ2) is 7.56. The first-order chi connectivity index (χ1) is 8.86. The molecular weight excluding hydrogens is 379 g/mol. The Kier molecular flexibility index (Phi) is 6.72. The summed E-state index contributed by atoms with van der Waals surface area (Å²) in [5, 5.41) is 9.81. The summed E-state index contributed by atoms with van der Waals surface area (Å²) in [4.78, 5) is 0.116. The third kappa shape index (κ3) is 5.37. The van der Waals surface area contributed by atoms with E-state index in [4.69, 9.17) is 4.18 Å². The monoisotopic (exact) mass is 398 g/mol. The highest BCUT2D eigenvalue weighted by atomic mass is 127. The van der Waals surface area contributed by atoms with Crippen LogP contribution in [-0.4, -0.2) is 30.2 Å². The molecule has 0 bridgehead atoms. The van der Waals surface area contributed by atoms with Gasteiger partial charge in [-0.3, -0.25) is 4.18 Å².